The molecule has 0 bridgehead atoms. The highest BCUT2D eigenvalue weighted by Gasteiger charge is 2.40. The number of rotatable bonds is 6. The molecule has 1 amide bonds. The highest BCUT2D eigenvalue weighted by Crippen LogP contribution is 2.34. The van der Waals surface area contributed by atoms with Crippen LogP contribution in [0.15, 0.2) is 12.1 Å². The second kappa shape index (κ2) is 6.30. The van der Waals surface area contributed by atoms with Gasteiger partial charge in [0.15, 0.2) is 0 Å². The number of carbonyl (C=O) groups is 2. The largest absolute Gasteiger partial charge is 0.316 e. The molecule has 0 fully saturated rings. The topological polar surface area (TPSA) is 49.4 Å². The van der Waals surface area contributed by atoms with Crippen LogP contribution in [0.25, 0.3) is 0 Å². The van der Waals surface area contributed by atoms with Gasteiger partial charge in [-0.2, -0.15) is 0 Å². The number of amides is 1. The maximum Gasteiger partial charge on any atom is 0.299 e. The lowest BCUT2D eigenvalue weighted by Crippen LogP contribution is -2.37. The van der Waals surface area contributed by atoms with E-state index in [1.165, 1.54) is 0 Å². The van der Waals surface area contributed by atoms with Gasteiger partial charge < -0.3 is 10.2 Å². The monoisotopic (exact) mass is 296 g/mol. The quantitative estimate of drug-likeness (QED) is 0.646. The van der Waals surface area contributed by atoms with Gasteiger partial charge in [-0.25, -0.2) is 8.78 Å². The van der Waals surface area contributed by atoms with E-state index in [2.05, 4.69) is 5.32 Å². The normalized spacial score (nSPS) is 15.5. The smallest absolute Gasteiger partial charge is 0.299 e. The minimum absolute atomic E-state index is 0.0157. The van der Waals surface area contributed by atoms with Gasteiger partial charge in [-0.3, -0.25) is 9.59 Å². The summed E-state index contributed by atoms with van der Waals surface area (Å²) in [7, 11) is 0. The van der Waals surface area contributed by atoms with Crippen molar-refractivity contribution >= 4 is 17.4 Å². The molecule has 21 heavy (non-hydrogen) atoms. The summed E-state index contributed by atoms with van der Waals surface area (Å²) in [5.41, 5.74) is -0.680. The number of hydrogen-bond acceptors (Lipinski definition) is 3. The zero-order valence-corrected chi connectivity index (χ0v) is 12.1. The van der Waals surface area contributed by atoms with Crippen molar-refractivity contribution in [1.82, 2.24) is 5.32 Å². The number of fused-ring (bicyclic) bond motifs is 1. The second-order valence-electron chi connectivity index (χ2n) is 5.31. The Bertz CT molecular complexity index is 575. The first-order valence-electron chi connectivity index (χ1n) is 7.02. The molecule has 0 saturated carbocycles. The number of anilines is 1. The van der Waals surface area contributed by atoms with E-state index < -0.39 is 28.9 Å². The van der Waals surface area contributed by atoms with E-state index >= 15 is 0 Å². The number of Topliss-reactive ketones (excluding diaryl/α,β-unsaturated/α-hetero) is 1. The predicted molar refractivity (Wildman–Crippen MR) is 75.4 cm³/mol. The fourth-order valence-corrected chi connectivity index (χ4v) is 2.43. The van der Waals surface area contributed by atoms with Crippen molar-refractivity contribution in [3.05, 3.63) is 29.3 Å². The molecule has 1 unspecified atom stereocenters. The van der Waals surface area contributed by atoms with Crippen LogP contribution in [0, 0.1) is 17.6 Å². The van der Waals surface area contributed by atoms with Crippen molar-refractivity contribution in [2.75, 3.05) is 24.5 Å². The fraction of sp³-hybridized carbons (Fsp3) is 0.467. The lowest BCUT2D eigenvalue weighted by Gasteiger charge is -2.21. The minimum atomic E-state index is -0.976. The zero-order chi connectivity index (χ0) is 15.6. The van der Waals surface area contributed by atoms with Gasteiger partial charge in [0.05, 0.1) is 11.3 Å². The Balaban J connectivity index is 2.21. The predicted octanol–water partition coefficient (Wildman–Crippen LogP) is 2.13. The van der Waals surface area contributed by atoms with Gasteiger partial charge in [-0.15, -0.1) is 0 Å². The molecule has 0 aromatic heterocycles. The van der Waals surface area contributed by atoms with E-state index in [1.807, 2.05) is 13.8 Å². The summed E-state index contributed by atoms with van der Waals surface area (Å²) >= 11 is 0. The van der Waals surface area contributed by atoms with Crippen LogP contribution in [-0.4, -0.2) is 31.3 Å². The average molecular weight is 296 g/mol. The number of nitrogens with one attached hydrogen (secondary N) is 1. The maximum atomic E-state index is 13.9. The van der Waals surface area contributed by atoms with Crippen LogP contribution in [0.1, 0.15) is 30.6 Å². The molecule has 1 N–H and O–H groups in total. The Labute approximate surface area is 122 Å². The fourth-order valence-electron chi connectivity index (χ4n) is 2.43. The molecular weight excluding hydrogens is 278 g/mol. The van der Waals surface area contributed by atoms with Crippen LogP contribution in [-0.2, 0) is 4.79 Å². The first-order chi connectivity index (χ1) is 9.97. The van der Waals surface area contributed by atoms with E-state index in [0.717, 1.165) is 30.0 Å². The van der Waals surface area contributed by atoms with Crippen LogP contribution in [0.5, 0.6) is 0 Å². The molecule has 4 nitrogen and oxygen atoms in total. The third-order valence-corrected chi connectivity index (χ3v) is 3.43. The molecule has 2 rings (SSSR count). The summed E-state index contributed by atoms with van der Waals surface area (Å²) < 4.78 is 27.6. The van der Waals surface area contributed by atoms with Crippen LogP contribution < -0.4 is 10.2 Å². The van der Waals surface area contributed by atoms with Crippen molar-refractivity contribution in [3.63, 3.8) is 0 Å². The van der Waals surface area contributed by atoms with E-state index in [1.54, 1.807) is 0 Å². The molecule has 1 aromatic rings. The van der Waals surface area contributed by atoms with E-state index in [0.29, 0.717) is 6.54 Å². The first-order valence-corrected chi connectivity index (χ1v) is 7.02. The van der Waals surface area contributed by atoms with Gasteiger partial charge in [0.2, 0.25) is 0 Å². The van der Waals surface area contributed by atoms with Crippen molar-refractivity contribution < 1.29 is 18.4 Å². The summed E-state index contributed by atoms with van der Waals surface area (Å²) in [6.07, 6.45) is 0.983. The molecule has 1 aliphatic rings. The van der Waals surface area contributed by atoms with Crippen molar-refractivity contribution in [1.29, 1.82) is 0 Å². The molecule has 1 aromatic carbocycles. The third kappa shape index (κ3) is 2.95. The van der Waals surface area contributed by atoms with Crippen molar-refractivity contribution in [3.8, 4) is 0 Å². The summed E-state index contributed by atoms with van der Waals surface area (Å²) in [5, 5.41) is 3.19. The Morgan fingerprint density at radius 2 is 1.90 bits per heavy atom. The van der Waals surface area contributed by atoms with E-state index in [-0.39, 0.29) is 18.2 Å². The van der Waals surface area contributed by atoms with Gasteiger partial charge in [-0.1, -0.05) is 13.8 Å². The number of ketones is 1. The highest BCUT2D eigenvalue weighted by atomic mass is 19.1. The van der Waals surface area contributed by atoms with E-state index in [4.69, 9.17) is 0 Å². The van der Waals surface area contributed by atoms with Gasteiger partial charge in [0, 0.05) is 6.54 Å². The number of benzene rings is 1. The first kappa shape index (κ1) is 15.6. The van der Waals surface area contributed by atoms with Gasteiger partial charge in [-0.05, 0) is 37.6 Å². The van der Waals surface area contributed by atoms with Crippen molar-refractivity contribution in [2.24, 2.45) is 5.92 Å². The molecular formula is C15H18F2N2O2. The van der Waals surface area contributed by atoms with Crippen LogP contribution in [0.2, 0.25) is 0 Å². The molecule has 1 aliphatic heterocycles. The minimum Gasteiger partial charge on any atom is -0.316 e. The maximum absolute atomic E-state index is 13.9. The Morgan fingerprint density at radius 1 is 1.24 bits per heavy atom. The number of carbonyl (C=O) groups excluding carboxylic acids is 2. The molecule has 114 valence electrons. The second-order valence-corrected chi connectivity index (χ2v) is 5.31. The average Bonchev–Trinajstić information content (AvgIpc) is 2.69. The summed E-state index contributed by atoms with van der Waals surface area (Å²) in [5.74, 6) is -3.43. The van der Waals surface area contributed by atoms with Crippen LogP contribution in [0.3, 0.4) is 0 Å². The number of hydrogen-bond donors (Lipinski definition) is 1. The molecule has 1 heterocycles. The van der Waals surface area contributed by atoms with Gasteiger partial charge in [0.25, 0.3) is 11.7 Å². The summed E-state index contributed by atoms with van der Waals surface area (Å²) in [6.45, 7) is 5.58. The third-order valence-electron chi connectivity index (χ3n) is 3.43. The molecule has 0 spiro atoms. The molecule has 0 radical (unpaired) electrons. The highest BCUT2D eigenvalue weighted by molar-refractivity contribution is 6.52. The summed E-state index contributed by atoms with van der Waals surface area (Å²) in [6, 6.07) is 1.81. The Kier molecular flexibility index (Phi) is 4.67. The van der Waals surface area contributed by atoms with E-state index in [9.17, 15) is 18.4 Å². The molecule has 1 atom stereocenters. The SMILES string of the molecule is CCCNCC(C)CN1C(=O)C(=O)c2c(F)ccc(F)c21. The van der Waals surface area contributed by atoms with Gasteiger partial charge >= 0.3 is 0 Å². The zero-order valence-electron chi connectivity index (χ0n) is 12.1. The standard InChI is InChI=1S/C15H18F2N2O2/c1-3-6-18-7-9(2)8-19-13-11(17)5-4-10(16)12(13)14(20)15(19)21/h4-5,9,18H,3,6-8H2,1-2H3. The van der Waals surface area contributed by atoms with Crippen LogP contribution >= 0.6 is 0 Å². The molecule has 0 aliphatic carbocycles. The lowest BCUT2D eigenvalue weighted by atomic mass is 10.1. The lowest BCUT2D eigenvalue weighted by molar-refractivity contribution is -0.114. The van der Waals surface area contributed by atoms with Gasteiger partial charge in [0.1, 0.15) is 11.6 Å². The van der Waals surface area contributed by atoms with Crippen molar-refractivity contribution in [2.45, 2.75) is 20.3 Å². The number of nitrogens with zero attached hydrogens (tertiary/aromatic N) is 1. The Hall–Kier alpha value is -1.82. The Morgan fingerprint density at radius 3 is 2.57 bits per heavy atom. The molecule has 6 heteroatoms. The molecule has 0 saturated heterocycles. The van der Waals surface area contributed by atoms with Crippen LogP contribution in [0.4, 0.5) is 14.5 Å². The summed E-state index contributed by atoms with van der Waals surface area (Å²) in [4.78, 5) is 24.8. The number of halogens is 2.